The molecule has 0 saturated carbocycles. The predicted molar refractivity (Wildman–Crippen MR) is 53.2 cm³/mol. The van der Waals surface area contributed by atoms with Gasteiger partial charge in [-0.3, -0.25) is 4.79 Å². The number of aliphatic hydroxyl groups is 1. The lowest BCUT2D eigenvalue weighted by Gasteiger charge is -2.34. The van der Waals surface area contributed by atoms with Gasteiger partial charge in [-0.2, -0.15) is 0 Å². The molecule has 0 aromatic rings. The highest BCUT2D eigenvalue weighted by Gasteiger charge is 2.49. The number of hydrogen-bond donors (Lipinski definition) is 2. The van der Waals surface area contributed by atoms with E-state index in [1.54, 1.807) is 13.8 Å². The molecule has 1 atom stereocenters. The number of carboxylic acids is 1. The van der Waals surface area contributed by atoms with Crippen LogP contribution in [0.1, 0.15) is 26.7 Å². The highest BCUT2D eigenvalue weighted by Crippen LogP contribution is 2.30. The molecule has 0 radical (unpaired) electrons. The van der Waals surface area contributed by atoms with Crippen LogP contribution >= 0.6 is 0 Å². The van der Waals surface area contributed by atoms with Gasteiger partial charge < -0.3 is 15.1 Å². The Labute approximate surface area is 88.7 Å². The molecule has 0 unspecified atom stereocenters. The molecule has 1 saturated heterocycles. The van der Waals surface area contributed by atoms with Crippen LogP contribution in [0.2, 0.25) is 0 Å². The average molecular weight is 215 g/mol. The van der Waals surface area contributed by atoms with Gasteiger partial charge in [-0.1, -0.05) is 13.8 Å². The van der Waals surface area contributed by atoms with Crippen LogP contribution in [0, 0.1) is 5.92 Å². The second-order valence-corrected chi connectivity index (χ2v) is 4.24. The van der Waals surface area contributed by atoms with Crippen molar-refractivity contribution in [3.63, 3.8) is 0 Å². The highest BCUT2D eigenvalue weighted by atomic mass is 16.4. The smallest absolute Gasteiger partial charge is 0.332 e. The number of amides is 1. The zero-order valence-electron chi connectivity index (χ0n) is 9.06. The molecule has 0 aliphatic carbocycles. The summed E-state index contributed by atoms with van der Waals surface area (Å²) in [5.74, 6) is -1.56. The van der Waals surface area contributed by atoms with Crippen LogP contribution in [0.15, 0.2) is 0 Å². The van der Waals surface area contributed by atoms with Gasteiger partial charge in [0.15, 0.2) is 5.54 Å². The molecule has 1 aliphatic rings. The Balaban J connectivity index is 2.97. The lowest BCUT2D eigenvalue weighted by molar-refractivity contribution is -0.160. The maximum absolute atomic E-state index is 11.8. The van der Waals surface area contributed by atoms with Crippen molar-refractivity contribution in [2.24, 2.45) is 5.92 Å². The molecule has 1 amide bonds. The molecule has 0 aromatic heterocycles. The number of carbonyl (C=O) groups is 2. The molecule has 2 N–H and O–H groups in total. The van der Waals surface area contributed by atoms with E-state index in [1.165, 1.54) is 4.90 Å². The largest absolute Gasteiger partial charge is 0.479 e. The van der Waals surface area contributed by atoms with E-state index in [4.69, 9.17) is 5.11 Å². The van der Waals surface area contributed by atoms with E-state index in [0.717, 1.165) is 0 Å². The third-order valence-corrected chi connectivity index (χ3v) is 2.91. The van der Waals surface area contributed by atoms with Crippen molar-refractivity contribution < 1.29 is 19.8 Å². The molecule has 5 nitrogen and oxygen atoms in total. The third kappa shape index (κ3) is 1.84. The number of carboxylic acid groups (broad SMARTS) is 1. The fraction of sp³-hybridized carbons (Fsp3) is 0.800. The number of nitrogens with zero attached hydrogens (tertiary/aromatic N) is 1. The summed E-state index contributed by atoms with van der Waals surface area (Å²) in [5.41, 5.74) is -1.39. The van der Waals surface area contributed by atoms with Crippen molar-refractivity contribution >= 4 is 11.9 Å². The van der Waals surface area contributed by atoms with Crippen LogP contribution in [0.25, 0.3) is 0 Å². The van der Waals surface area contributed by atoms with Crippen molar-refractivity contribution in [1.29, 1.82) is 0 Å². The topological polar surface area (TPSA) is 77.8 Å². The number of rotatable bonds is 3. The summed E-state index contributed by atoms with van der Waals surface area (Å²) in [6.45, 7) is 3.36. The number of aliphatic carboxylic acids is 1. The van der Waals surface area contributed by atoms with E-state index >= 15 is 0 Å². The van der Waals surface area contributed by atoms with Gasteiger partial charge in [0.2, 0.25) is 5.91 Å². The number of aliphatic hydroxyl groups excluding tert-OH is 1. The highest BCUT2D eigenvalue weighted by molar-refractivity contribution is 5.88. The average Bonchev–Trinajstić information content (AvgIpc) is 2.60. The number of likely N-dealkylation sites (tertiary alicyclic amines) is 1. The summed E-state index contributed by atoms with van der Waals surface area (Å²) in [4.78, 5) is 24.2. The number of carbonyl (C=O) groups excluding carboxylic acids is 1. The molecule has 1 fully saturated rings. The van der Waals surface area contributed by atoms with E-state index in [0.29, 0.717) is 19.4 Å². The lowest BCUT2D eigenvalue weighted by atomic mass is 9.96. The quantitative estimate of drug-likeness (QED) is 0.699. The molecule has 1 heterocycles. The van der Waals surface area contributed by atoms with Crippen LogP contribution in [-0.2, 0) is 9.59 Å². The Morgan fingerprint density at radius 2 is 2.07 bits per heavy atom. The summed E-state index contributed by atoms with van der Waals surface area (Å²) in [7, 11) is 0. The van der Waals surface area contributed by atoms with Gasteiger partial charge in [0.25, 0.3) is 0 Å². The van der Waals surface area contributed by atoms with Crippen molar-refractivity contribution in [3.8, 4) is 0 Å². The van der Waals surface area contributed by atoms with Crippen LogP contribution < -0.4 is 0 Å². The lowest BCUT2D eigenvalue weighted by Crippen LogP contribution is -2.56. The molecule has 1 aliphatic heterocycles. The molecule has 86 valence electrons. The van der Waals surface area contributed by atoms with Crippen molar-refractivity contribution in [1.82, 2.24) is 4.90 Å². The zero-order chi connectivity index (χ0) is 11.6. The minimum absolute atomic E-state index is 0.205. The minimum Gasteiger partial charge on any atom is -0.479 e. The molecule has 1 rings (SSSR count). The van der Waals surface area contributed by atoms with E-state index < -0.39 is 18.1 Å². The first kappa shape index (κ1) is 12.0. The van der Waals surface area contributed by atoms with Crippen LogP contribution in [0.3, 0.4) is 0 Å². The molecule has 0 spiro atoms. The van der Waals surface area contributed by atoms with Gasteiger partial charge in [0, 0.05) is 12.5 Å². The van der Waals surface area contributed by atoms with Gasteiger partial charge in [-0.05, 0) is 12.8 Å². The molecule has 0 aromatic carbocycles. The summed E-state index contributed by atoms with van der Waals surface area (Å²) in [5, 5.41) is 18.3. The Morgan fingerprint density at radius 3 is 2.47 bits per heavy atom. The maximum Gasteiger partial charge on any atom is 0.332 e. The van der Waals surface area contributed by atoms with Gasteiger partial charge in [0.1, 0.15) is 0 Å². The van der Waals surface area contributed by atoms with E-state index in [2.05, 4.69) is 0 Å². The minimum atomic E-state index is -1.39. The number of hydrogen-bond acceptors (Lipinski definition) is 3. The Morgan fingerprint density at radius 1 is 1.47 bits per heavy atom. The fourth-order valence-electron chi connectivity index (χ4n) is 1.97. The molecule has 5 heteroatoms. The normalized spacial score (nSPS) is 26.0. The third-order valence-electron chi connectivity index (χ3n) is 2.91. The van der Waals surface area contributed by atoms with Crippen molar-refractivity contribution in [3.05, 3.63) is 0 Å². The first-order valence-corrected chi connectivity index (χ1v) is 5.11. The fourth-order valence-corrected chi connectivity index (χ4v) is 1.97. The van der Waals surface area contributed by atoms with Gasteiger partial charge >= 0.3 is 5.97 Å². The van der Waals surface area contributed by atoms with Crippen LogP contribution in [0.4, 0.5) is 0 Å². The molecular weight excluding hydrogens is 198 g/mol. The molecule has 0 bridgehead atoms. The van der Waals surface area contributed by atoms with Crippen molar-refractivity contribution in [2.45, 2.75) is 32.2 Å². The molecule has 15 heavy (non-hydrogen) atoms. The predicted octanol–water partition coefficient (Wildman–Crippen LogP) is 0.0805. The molecular formula is C10H17NO4. The van der Waals surface area contributed by atoms with E-state index in [-0.39, 0.29) is 11.8 Å². The first-order valence-electron chi connectivity index (χ1n) is 5.11. The van der Waals surface area contributed by atoms with Crippen molar-refractivity contribution in [2.75, 3.05) is 13.2 Å². The van der Waals surface area contributed by atoms with Crippen LogP contribution in [-0.4, -0.2) is 45.7 Å². The monoisotopic (exact) mass is 215 g/mol. The summed E-state index contributed by atoms with van der Waals surface area (Å²) < 4.78 is 0. The van der Waals surface area contributed by atoms with E-state index in [1.807, 2.05) is 0 Å². The zero-order valence-corrected chi connectivity index (χ0v) is 9.06. The van der Waals surface area contributed by atoms with Gasteiger partial charge in [-0.15, -0.1) is 0 Å². The van der Waals surface area contributed by atoms with Gasteiger partial charge in [0.05, 0.1) is 6.61 Å². The summed E-state index contributed by atoms with van der Waals surface area (Å²) in [6, 6.07) is 0. The van der Waals surface area contributed by atoms with E-state index in [9.17, 15) is 14.7 Å². The first-order chi connectivity index (χ1) is 6.95. The van der Waals surface area contributed by atoms with Crippen LogP contribution in [0.5, 0.6) is 0 Å². The Bertz CT molecular complexity index is 277. The van der Waals surface area contributed by atoms with Gasteiger partial charge in [-0.25, -0.2) is 4.79 Å². The second kappa shape index (κ2) is 4.18. The standard InChI is InChI=1S/C10H17NO4/c1-7(2)8(13)11-5-3-4-10(11,6-12)9(14)15/h7,12H,3-6H2,1-2H3,(H,14,15)/t10-/m1/s1. The summed E-state index contributed by atoms with van der Waals surface area (Å²) >= 11 is 0. The Hall–Kier alpha value is -1.10. The second-order valence-electron chi connectivity index (χ2n) is 4.24. The Kier molecular flexibility index (Phi) is 3.34. The maximum atomic E-state index is 11.8. The summed E-state index contributed by atoms with van der Waals surface area (Å²) in [6.07, 6.45) is 0.961. The SMILES string of the molecule is CC(C)C(=O)N1CCC[C@@]1(CO)C(=O)O.